The van der Waals surface area contributed by atoms with Crippen LogP contribution in [0.25, 0.3) is 0 Å². The van der Waals surface area contributed by atoms with Crippen LogP contribution in [0.15, 0.2) is 60.7 Å². The quantitative estimate of drug-likeness (QED) is 0.288. The van der Waals surface area contributed by atoms with Crippen LogP contribution in [-0.4, -0.2) is 32.0 Å². The highest BCUT2D eigenvalue weighted by Gasteiger charge is 2.46. The largest absolute Gasteiger partial charge is 0.491 e. The third kappa shape index (κ3) is 6.65. The van der Waals surface area contributed by atoms with Gasteiger partial charge in [-0.15, -0.1) is 0 Å². The third-order valence-electron chi connectivity index (χ3n) is 4.98. The molecule has 1 unspecified atom stereocenters. The number of hydroxylamine groups is 3. The number of benzene rings is 2. The average molecular weight is 385 g/mol. The van der Waals surface area contributed by atoms with Crippen LogP contribution in [0.5, 0.6) is 5.75 Å². The molecule has 0 fully saturated rings. The number of quaternary nitrogens is 1. The Morgan fingerprint density at radius 2 is 1.32 bits per heavy atom. The molecule has 2 aromatic rings. The van der Waals surface area contributed by atoms with E-state index >= 15 is 0 Å². The monoisotopic (exact) mass is 384 g/mol. The topological polar surface area (TPSA) is 18.5 Å². The first-order chi connectivity index (χ1) is 13.0. The van der Waals surface area contributed by atoms with Gasteiger partial charge in [0.25, 0.3) is 0 Å². The van der Waals surface area contributed by atoms with E-state index in [0.29, 0.717) is 17.9 Å². The van der Waals surface area contributed by atoms with Gasteiger partial charge in [-0.2, -0.15) is 9.48 Å². The van der Waals surface area contributed by atoms with Crippen molar-refractivity contribution in [1.29, 1.82) is 0 Å². The number of hydrogen-bond donors (Lipinski definition) is 0. The zero-order valence-electron chi connectivity index (χ0n) is 18.7. The fourth-order valence-corrected chi connectivity index (χ4v) is 4.77. The number of rotatable bonds is 9. The van der Waals surface area contributed by atoms with E-state index in [1.165, 1.54) is 5.56 Å². The Hall–Kier alpha value is -1.84. The fourth-order valence-electron chi connectivity index (χ4n) is 4.77. The highest BCUT2D eigenvalue weighted by molar-refractivity contribution is 5.21. The van der Waals surface area contributed by atoms with Crippen molar-refractivity contribution >= 4 is 0 Å². The van der Waals surface area contributed by atoms with Crippen LogP contribution in [0, 0.1) is 10.8 Å². The Labute approximate surface area is 171 Å². The van der Waals surface area contributed by atoms with Crippen molar-refractivity contribution in [3.8, 4) is 5.75 Å². The van der Waals surface area contributed by atoms with Crippen LogP contribution >= 0.6 is 0 Å². The molecular formula is C25H38NO2+. The van der Waals surface area contributed by atoms with Gasteiger partial charge in [0.2, 0.25) is 0 Å². The van der Waals surface area contributed by atoms with Crippen LogP contribution < -0.4 is 4.74 Å². The minimum absolute atomic E-state index is 0.0589. The van der Waals surface area contributed by atoms with Crippen molar-refractivity contribution in [2.24, 2.45) is 10.8 Å². The zero-order chi connectivity index (χ0) is 20.8. The molecule has 0 radical (unpaired) electrons. The summed E-state index contributed by atoms with van der Waals surface area (Å²) in [7, 11) is 4.31. The fraction of sp³-hybridized carbons (Fsp3) is 0.520. The molecule has 28 heavy (non-hydrogen) atoms. The summed E-state index contributed by atoms with van der Waals surface area (Å²) in [4.78, 5) is 6.38. The van der Waals surface area contributed by atoms with E-state index < -0.39 is 0 Å². The lowest BCUT2D eigenvalue weighted by molar-refractivity contribution is -1.10. The van der Waals surface area contributed by atoms with E-state index in [1.54, 1.807) is 0 Å². The van der Waals surface area contributed by atoms with Gasteiger partial charge < -0.3 is 4.74 Å². The highest BCUT2D eigenvalue weighted by atomic mass is 16.7. The predicted octanol–water partition coefficient (Wildman–Crippen LogP) is 6.28. The van der Waals surface area contributed by atoms with Gasteiger partial charge in [0.15, 0.2) is 0 Å². The summed E-state index contributed by atoms with van der Waals surface area (Å²) in [5, 5.41) is 0. The average Bonchev–Trinajstić information content (AvgIpc) is 2.58. The van der Waals surface area contributed by atoms with Gasteiger partial charge in [0.05, 0.1) is 14.1 Å². The minimum atomic E-state index is 0.0589. The van der Waals surface area contributed by atoms with Crippen molar-refractivity contribution in [2.75, 3.05) is 27.3 Å². The summed E-state index contributed by atoms with van der Waals surface area (Å²) in [6.07, 6.45) is 1.10. The summed E-state index contributed by atoms with van der Waals surface area (Å²) in [6.45, 7) is 12.7. The summed E-state index contributed by atoms with van der Waals surface area (Å²) in [5.74, 6) is 0.879. The first-order valence-corrected chi connectivity index (χ1v) is 10.2. The van der Waals surface area contributed by atoms with Gasteiger partial charge in [-0.25, -0.2) is 0 Å². The number of nitrogens with zero attached hydrogens (tertiary/aromatic N) is 1. The van der Waals surface area contributed by atoms with E-state index in [-0.39, 0.29) is 16.9 Å². The van der Waals surface area contributed by atoms with E-state index in [0.717, 1.165) is 12.2 Å². The smallest absolute Gasteiger partial charge is 0.149 e. The van der Waals surface area contributed by atoms with Gasteiger partial charge >= 0.3 is 0 Å². The first-order valence-electron chi connectivity index (χ1n) is 10.2. The molecule has 0 saturated heterocycles. The van der Waals surface area contributed by atoms with E-state index in [2.05, 4.69) is 79.0 Å². The second kappa shape index (κ2) is 9.11. The van der Waals surface area contributed by atoms with Crippen LogP contribution in [0.4, 0.5) is 0 Å². The predicted molar refractivity (Wildman–Crippen MR) is 117 cm³/mol. The lowest BCUT2D eigenvalue weighted by atomic mass is 9.69. The first kappa shape index (κ1) is 22.4. The van der Waals surface area contributed by atoms with Crippen molar-refractivity contribution < 1.29 is 14.2 Å². The molecule has 2 aromatic carbocycles. The molecular weight excluding hydrogens is 346 g/mol. The van der Waals surface area contributed by atoms with Crippen molar-refractivity contribution in [3.05, 3.63) is 66.2 Å². The Balaban J connectivity index is 2.14. The van der Waals surface area contributed by atoms with Crippen molar-refractivity contribution in [3.63, 3.8) is 0 Å². The molecule has 0 aliphatic carbocycles. The SMILES string of the molecule is CC(C)(C)CC(C)(C)C(c1ccccc1)[N+](C)(C)OCCOc1ccccc1. The molecule has 1 atom stereocenters. The Morgan fingerprint density at radius 1 is 0.786 bits per heavy atom. The lowest BCUT2D eigenvalue weighted by Crippen LogP contribution is -2.50. The Bertz CT molecular complexity index is 702. The van der Waals surface area contributed by atoms with Gasteiger partial charge in [0, 0.05) is 11.0 Å². The summed E-state index contributed by atoms with van der Waals surface area (Å²) < 4.78 is 6.28. The maximum atomic E-state index is 6.38. The highest BCUT2D eigenvalue weighted by Crippen LogP contribution is 2.47. The summed E-state index contributed by atoms with van der Waals surface area (Å²) in [6, 6.07) is 20.9. The minimum Gasteiger partial charge on any atom is -0.491 e. The second-order valence-corrected chi connectivity index (χ2v) is 9.97. The van der Waals surface area contributed by atoms with Crippen LogP contribution in [0.3, 0.4) is 0 Å². The van der Waals surface area contributed by atoms with Gasteiger partial charge in [-0.05, 0) is 24.0 Å². The maximum absolute atomic E-state index is 6.38. The molecule has 154 valence electrons. The van der Waals surface area contributed by atoms with Gasteiger partial charge in [0.1, 0.15) is 25.0 Å². The van der Waals surface area contributed by atoms with Gasteiger partial charge in [-0.1, -0.05) is 83.1 Å². The van der Waals surface area contributed by atoms with Crippen LogP contribution in [0.1, 0.15) is 52.6 Å². The third-order valence-corrected chi connectivity index (χ3v) is 4.98. The van der Waals surface area contributed by atoms with E-state index in [1.807, 2.05) is 30.3 Å². The maximum Gasteiger partial charge on any atom is 0.149 e. The molecule has 0 N–H and O–H groups in total. The van der Waals surface area contributed by atoms with Crippen molar-refractivity contribution in [2.45, 2.75) is 47.1 Å². The van der Waals surface area contributed by atoms with Gasteiger partial charge in [-0.3, -0.25) is 0 Å². The Kier molecular flexibility index (Phi) is 7.30. The molecule has 0 heterocycles. The molecule has 3 heteroatoms. The van der Waals surface area contributed by atoms with Crippen molar-refractivity contribution in [1.82, 2.24) is 0 Å². The molecule has 0 saturated carbocycles. The molecule has 2 rings (SSSR count). The molecule has 0 spiro atoms. The molecule has 0 aliphatic heterocycles. The number of ether oxygens (including phenoxy) is 1. The standard InChI is InChI=1S/C25H38NO2/c1-24(2,3)20-25(4,5)23(21-14-10-8-11-15-21)26(6,7)28-19-18-27-22-16-12-9-13-17-22/h8-17,23H,18-20H2,1-7H3/q+1. The Morgan fingerprint density at radius 3 is 1.86 bits per heavy atom. The second-order valence-electron chi connectivity index (χ2n) is 9.97. The number of hydrogen-bond acceptors (Lipinski definition) is 2. The molecule has 0 bridgehead atoms. The molecule has 0 aromatic heterocycles. The molecule has 0 aliphatic rings. The number of para-hydroxylation sites is 1. The van der Waals surface area contributed by atoms with E-state index in [9.17, 15) is 0 Å². The summed E-state index contributed by atoms with van der Waals surface area (Å²) in [5.41, 5.74) is 1.61. The molecule has 3 nitrogen and oxygen atoms in total. The summed E-state index contributed by atoms with van der Waals surface area (Å²) >= 11 is 0. The molecule has 0 amide bonds. The zero-order valence-corrected chi connectivity index (χ0v) is 18.7. The lowest BCUT2D eigenvalue weighted by Gasteiger charge is -2.46. The normalized spacial score (nSPS) is 14.0. The van der Waals surface area contributed by atoms with Crippen LogP contribution in [0.2, 0.25) is 0 Å². The van der Waals surface area contributed by atoms with E-state index in [4.69, 9.17) is 9.57 Å². The van der Waals surface area contributed by atoms with Crippen LogP contribution in [-0.2, 0) is 4.84 Å².